The Morgan fingerprint density at radius 2 is 2.14 bits per heavy atom. The molecule has 1 saturated heterocycles. The third-order valence-corrected chi connectivity index (χ3v) is 5.78. The number of benzene rings is 2. The van der Waals surface area contributed by atoms with Crippen LogP contribution in [0.25, 0.3) is 11.1 Å². The van der Waals surface area contributed by atoms with Crippen LogP contribution in [0.5, 0.6) is 0 Å². The maximum absolute atomic E-state index is 12.6. The maximum atomic E-state index is 12.6. The highest BCUT2D eigenvalue weighted by atomic mass is 16.5. The first kappa shape index (κ1) is 18.5. The average Bonchev–Trinajstić information content (AvgIpc) is 3.18. The molecule has 4 rings (SSSR count). The number of rotatable bonds is 4. The number of ether oxygens (including phenoxy) is 1. The monoisotopic (exact) mass is 377 g/mol. The number of nitrogens with zero attached hydrogens (tertiary/aromatic N) is 2. The number of nitrogens with one attached hydrogen (secondary N) is 1. The topological polar surface area (TPSA) is 85.6 Å². The largest absolute Gasteiger partial charge is 0.394 e. The van der Waals surface area contributed by atoms with Crippen LogP contribution in [0.4, 0.5) is 5.69 Å². The minimum absolute atomic E-state index is 0.0267. The number of hydrogen-bond acceptors (Lipinski definition) is 5. The van der Waals surface area contributed by atoms with E-state index in [4.69, 9.17) is 4.74 Å². The number of hydrogen-bond donors (Lipinski definition) is 2. The van der Waals surface area contributed by atoms with Gasteiger partial charge in [-0.1, -0.05) is 18.2 Å². The molecule has 0 bridgehead atoms. The molecule has 0 radical (unpaired) electrons. The van der Waals surface area contributed by atoms with Crippen LogP contribution in [0.3, 0.4) is 0 Å². The van der Waals surface area contributed by atoms with E-state index in [1.54, 1.807) is 6.07 Å². The Morgan fingerprint density at radius 1 is 1.32 bits per heavy atom. The predicted octanol–water partition coefficient (Wildman–Crippen LogP) is 2.55. The van der Waals surface area contributed by atoms with Crippen molar-refractivity contribution in [3.05, 3.63) is 53.6 Å². The molecule has 2 N–H and O–H groups in total. The van der Waals surface area contributed by atoms with Crippen LogP contribution in [0.15, 0.2) is 42.5 Å². The van der Waals surface area contributed by atoms with Gasteiger partial charge in [-0.2, -0.15) is 5.26 Å². The zero-order valence-corrected chi connectivity index (χ0v) is 15.8. The summed E-state index contributed by atoms with van der Waals surface area (Å²) in [6.07, 6.45) is 0.839. The number of carbonyl (C=O) groups is 1. The lowest BCUT2D eigenvalue weighted by atomic mass is 9.82. The number of carbonyl (C=O) groups excluding carboxylic acids is 1. The number of nitriles is 1. The zero-order valence-electron chi connectivity index (χ0n) is 15.8. The van der Waals surface area contributed by atoms with E-state index in [1.807, 2.05) is 35.2 Å². The fraction of sp³-hybridized carbons (Fsp3) is 0.364. The van der Waals surface area contributed by atoms with Crippen molar-refractivity contribution in [2.45, 2.75) is 18.5 Å². The molecule has 0 aliphatic carbocycles. The molecule has 0 spiro atoms. The maximum Gasteiger partial charge on any atom is 0.249 e. The van der Waals surface area contributed by atoms with E-state index in [2.05, 4.69) is 17.5 Å². The van der Waals surface area contributed by atoms with Crippen LogP contribution >= 0.6 is 0 Å². The molecule has 2 heterocycles. The lowest BCUT2D eigenvalue weighted by Crippen LogP contribution is -2.43. The molecule has 6 heteroatoms. The van der Waals surface area contributed by atoms with Crippen LogP contribution in [0.2, 0.25) is 0 Å². The first-order chi connectivity index (χ1) is 13.7. The fourth-order valence-electron chi connectivity index (χ4n) is 4.50. The summed E-state index contributed by atoms with van der Waals surface area (Å²) in [4.78, 5) is 14.5. The van der Waals surface area contributed by atoms with Crippen molar-refractivity contribution >= 4 is 11.6 Å². The third-order valence-electron chi connectivity index (χ3n) is 5.78. The average molecular weight is 377 g/mol. The van der Waals surface area contributed by atoms with E-state index < -0.39 is 0 Å². The second-order valence-corrected chi connectivity index (χ2v) is 7.35. The van der Waals surface area contributed by atoms with E-state index in [1.165, 1.54) is 7.11 Å². The third kappa shape index (κ3) is 3.13. The number of methoxy groups -OCH3 is 1. The van der Waals surface area contributed by atoms with Crippen LogP contribution in [-0.4, -0.2) is 48.8 Å². The molecule has 2 aliphatic heterocycles. The van der Waals surface area contributed by atoms with Crippen molar-refractivity contribution in [1.82, 2.24) is 4.90 Å². The van der Waals surface area contributed by atoms with Crippen LogP contribution in [-0.2, 0) is 9.53 Å². The number of aliphatic hydroxyl groups excluding tert-OH is 1. The summed E-state index contributed by atoms with van der Waals surface area (Å²) in [5, 5.41) is 22.5. The standard InChI is InChI=1S/C22H23N3O3/c1-28-13-21(27)25-8-7-17-20(12-26)24-19-6-5-16(10-18(19)22(17)25)15-4-2-3-14(9-15)11-23/h2-6,9-10,17,20,22,24,26H,7-8,12-13H2,1H3/t17-,20+,22-/m0/s1. The van der Waals surface area contributed by atoms with E-state index >= 15 is 0 Å². The van der Waals surface area contributed by atoms with Gasteiger partial charge in [-0.05, 0) is 47.4 Å². The Kier molecular flexibility index (Phi) is 5.03. The van der Waals surface area contributed by atoms with E-state index in [0.717, 1.165) is 28.8 Å². The molecular formula is C22H23N3O3. The summed E-state index contributed by atoms with van der Waals surface area (Å²) in [5.41, 5.74) is 4.58. The smallest absolute Gasteiger partial charge is 0.249 e. The van der Waals surface area contributed by atoms with Gasteiger partial charge in [-0.15, -0.1) is 0 Å². The summed E-state index contributed by atoms with van der Waals surface area (Å²) in [5.74, 6) is 0.121. The Labute approximate surface area is 164 Å². The van der Waals surface area contributed by atoms with Gasteiger partial charge >= 0.3 is 0 Å². The fourth-order valence-corrected chi connectivity index (χ4v) is 4.50. The van der Waals surface area contributed by atoms with Gasteiger partial charge in [0.1, 0.15) is 6.61 Å². The summed E-state index contributed by atoms with van der Waals surface area (Å²) in [6, 6.07) is 15.6. The van der Waals surface area contributed by atoms with Crippen molar-refractivity contribution < 1.29 is 14.6 Å². The molecule has 0 unspecified atom stereocenters. The summed E-state index contributed by atoms with van der Waals surface area (Å²) in [6.45, 7) is 0.738. The van der Waals surface area contributed by atoms with Gasteiger partial charge in [0, 0.05) is 25.3 Å². The van der Waals surface area contributed by atoms with Gasteiger partial charge in [0.15, 0.2) is 0 Å². The van der Waals surface area contributed by atoms with Gasteiger partial charge in [0.25, 0.3) is 0 Å². The molecule has 28 heavy (non-hydrogen) atoms. The summed E-state index contributed by atoms with van der Waals surface area (Å²) in [7, 11) is 1.53. The van der Waals surface area contributed by atoms with Gasteiger partial charge in [0.2, 0.25) is 5.91 Å². The molecular weight excluding hydrogens is 354 g/mol. The number of amides is 1. The van der Waals surface area contributed by atoms with Crippen LogP contribution in [0.1, 0.15) is 23.6 Å². The molecule has 2 aromatic carbocycles. The molecule has 6 nitrogen and oxygen atoms in total. The highest BCUT2D eigenvalue weighted by molar-refractivity contribution is 5.80. The highest BCUT2D eigenvalue weighted by Crippen LogP contribution is 2.47. The number of aliphatic hydroxyl groups is 1. The normalized spacial score (nSPS) is 22.8. The first-order valence-corrected chi connectivity index (χ1v) is 9.46. The molecule has 2 aliphatic rings. The second kappa shape index (κ2) is 7.63. The number of likely N-dealkylation sites (tertiary alicyclic amines) is 1. The second-order valence-electron chi connectivity index (χ2n) is 7.35. The van der Waals surface area contributed by atoms with Crippen LogP contribution < -0.4 is 5.32 Å². The molecule has 0 aromatic heterocycles. The van der Waals surface area contributed by atoms with Gasteiger partial charge < -0.3 is 20.1 Å². The van der Waals surface area contributed by atoms with E-state index in [9.17, 15) is 15.2 Å². The van der Waals surface area contributed by atoms with Crippen molar-refractivity contribution in [3.63, 3.8) is 0 Å². The minimum Gasteiger partial charge on any atom is -0.394 e. The van der Waals surface area contributed by atoms with E-state index in [0.29, 0.717) is 12.1 Å². The lowest BCUT2D eigenvalue weighted by molar-refractivity contribution is -0.136. The Bertz CT molecular complexity index is 937. The molecule has 0 saturated carbocycles. The Morgan fingerprint density at radius 3 is 2.89 bits per heavy atom. The van der Waals surface area contributed by atoms with E-state index in [-0.39, 0.29) is 37.1 Å². The zero-order chi connectivity index (χ0) is 19.7. The molecule has 1 amide bonds. The van der Waals surface area contributed by atoms with Crippen molar-refractivity contribution in [1.29, 1.82) is 5.26 Å². The van der Waals surface area contributed by atoms with Gasteiger partial charge in [-0.3, -0.25) is 4.79 Å². The first-order valence-electron chi connectivity index (χ1n) is 9.46. The minimum atomic E-state index is -0.0878. The van der Waals surface area contributed by atoms with Crippen molar-refractivity contribution in [3.8, 4) is 17.2 Å². The Balaban J connectivity index is 1.77. The van der Waals surface area contributed by atoms with Crippen molar-refractivity contribution in [2.75, 3.05) is 32.2 Å². The number of fused-ring (bicyclic) bond motifs is 3. The Hall–Kier alpha value is -2.88. The molecule has 2 aromatic rings. The molecule has 144 valence electrons. The lowest BCUT2D eigenvalue weighted by Gasteiger charge is -2.39. The van der Waals surface area contributed by atoms with Crippen molar-refractivity contribution in [2.24, 2.45) is 5.92 Å². The number of anilines is 1. The van der Waals surface area contributed by atoms with Gasteiger partial charge in [-0.25, -0.2) is 0 Å². The highest BCUT2D eigenvalue weighted by Gasteiger charge is 2.45. The molecule has 1 fully saturated rings. The summed E-state index contributed by atoms with van der Waals surface area (Å²) < 4.78 is 5.07. The van der Waals surface area contributed by atoms with Gasteiger partial charge in [0.05, 0.1) is 30.3 Å². The quantitative estimate of drug-likeness (QED) is 0.855. The molecule has 3 atom stereocenters. The predicted molar refractivity (Wildman–Crippen MR) is 106 cm³/mol. The SMILES string of the molecule is COCC(=O)N1CC[C@@H]2[C@H]1c1cc(-c3cccc(C#N)c3)ccc1N[C@@H]2CO. The van der Waals surface area contributed by atoms with Crippen LogP contribution in [0, 0.1) is 17.2 Å². The summed E-state index contributed by atoms with van der Waals surface area (Å²) >= 11 is 0.